The molecular weight excluding hydrogens is 394 g/mol. The summed E-state index contributed by atoms with van der Waals surface area (Å²) in [6.45, 7) is 0. The normalized spacial score (nSPS) is 19.6. The van der Waals surface area contributed by atoms with Gasteiger partial charge in [-0.05, 0) is 23.4 Å². The number of anilines is 1. The predicted molar refractivity (Wildman–Crippen MR) is 116 cm³/mol. The van der Waals surface area contributed by atoms with Crippen LogP contribution in [-0.2, 0) is 10.8 Å². The first-order chi connectivity index (χ1) is 13.3. The van der Waals surface area contributed by atoms with E-state index in [9.17, 15) is 4.21 Å². The number of rotatable bonds is 4. The quantitative estimate of drug-likeness (QED) is 0.512. The standard InChI is InChI=1S/C20H17N3OS3/c24-27-10-8-14(12-27)21-19-17-15(13-5-2-1-3-6-13)11-26-20(17)23-18(22-19)16-7-4-9-25-16/h1-7,9,11,14H,8,10,12H2,(H,21,22,23)/t14-,27-/m0/s1. The minimum Gasteiger partial charge on any atom is -0.366 e. The van der Waals surface area contributed by atoms with Crippen LogP contribution in [0.3, 0.4) is 0 Å². The van der Waals surface area contributed by atoms with Crippen LogP contribution < -0.4 is 5.32 Å². The molecular formula is C20H17N3OS3. The molecule has 3 aromatic heterocycles. The van der Waals surface area contributed by atoms with Crippen molar-refractivity contribution in [2.24, 2.45) is 0 Å². The lowest BCUT2D eigenvalue weighted by atomic mass is 10.1. The fourth-order valence-corrected chi connectivity index (χ4v) is 6.38. The van der Waals surface area contributed by atoms with E-state index in [0.717, 1.165) is 50.0 Å². The highest BCUT2D eigenvalue weighted by atomic mass is 32.2. The number of hydrogen-bond donors (Lipinski definition) is 1. The molecule has 0 spiro atoms. The smallest absolute Gasteiger partial charge is 0.173 e. The fourth-order valence-electron chi connectivity index (χ4n) is 3.36. The maximum absolute atomic E-state index is 11.8. The lowest BCUT2D eigenvalue weighted by molar-refractivity contribution is 0.686. The van der Waals surface area contributed by atoms with E-state index in [1.165, 1.54) is 0 Å². The van der Waals surface area contributed by atoms with Gasteiger partial charge in [0.1, 0.15) is 10.6 Å². The Bertz CT molecular complexity index is 1110. The van der Waals surface area contributed by atoms with Crippen LogP contribution in [0.5, 0.6) is 0 Å². The molecule has 7 heteroatoms. The predicted octanol–water partition coefficient (Wildman–Crippen LogP) is 5.02. The zero-order valence-electron chi connectivity index (χ0n) is 14.4. The van der Waals surface area contributed by atoms with Crippen molar-refractivity contribution in [3.8, 4) is 21.8 Å². The van der Waals surface area contributed by atoms with Crippen LogP contribution in [0.1, 0.15) is 6.42 Å². The summed E-state index contributed by atoms with van der Waals surface area (Å²) in [5, 5.41) is 8.84. The van der Waals surface area contributed by atoms with Crippen molar-refractivity contribution in [2.75, 3.05) is 16.8 Å². The molecule has 1 N–H and O–H groups in total. The molecule has 1 fully saturated rings. The van der Waals surface area contributed by atoms with Crippen LogP contribution in [0.25, 0.3) is 32.0 Å². The summed E-state index contributed by atoms with van der Waals surface area (Å²) < 4.78 is 11.8. The molecule has 0 unspecified atom stereocenters. The maximum atomic E-state index is 11.8. The summed E-state index contributed by atoms with van der Waals surface area (Å²) in [5.74, 6) is 3.05. The van der Waals surface area contributed by atoms with Crippen LogP contribution in [-0.4, -0.2) is 31.7 Å². The van der Waals surface area contributed by atoms with Gasteiger partial charge in [-0.3, -0.25) is 4.21 Å². The van der Waals surface area contributed by atoms with Crippen molar-refractivity contribution in [2.45, 2.75) is 12.5 Å². The molecule has 2 atom stereocenters. The van der Waals surface area contributed by atoms with Crippen LogP contribution in [0, 0.1) is 0 Å². The van der Waals surface area contributed by atoms with Crippen molar-refractivity contribution in [3.63, 3.8) is 0 Å². The highest BCUT2D eigenvalue weighted by molar-refractivity contribution is 7.85. The van der Waals surface area contributed by atoms with E-state index in [0.29, 0.717) is 5.75 Å². The van der Waals surface area contributed by atoms with E-state index in [-0.39, 0.29) is 6.04 Å². The highest BCUT2D eigenvalue weighted by Gasteiger charge is 2.24. The average molecular weight is 412 g/mol. The molecule has 0 bridgehead atoms. The van der Waals surface area contributed by atoms with Crippen molar-refractivity contribution < 1.29 is 4.21 Å². The van der Waals surface area contributed by atoms with Gasteiger partial charge < -0.3 is 5.32 Å². The van der Waals surface area contributed by atoms with Crippen LogP contribution in [0.4, 0.5) is 5.82 Å². The van der Waals surface area contributed by atoms with Crippen molar-refractivity contribution in [3.05, 3.63) is 53.2 Å². The Balaban J connectivity index is 1.67. The first-order valence-corrected chi connectivity index (χ1v) is 12.0. The maximum Gasteiger partial charge on any atom is 0.173 e. The zero-order chi connectivity index (χ0) is 18.2. The molecule has 4 nitrogen and oxygen atoms in total. The summed E-state index contributed by atoms with van der Waals surface area (Å²) in [6.07, 6.45) is 0.914. The van der Waals surface area contributed by atoms with Gasteiger partial charge >= 0.3 is 0 Å². The second-order valence-electron chi connectivity index (χ2n) is 6.51. The highest BCUT2D eigenvalue weighted by Crippen LogP contribution is 2.39. The number of hydrogen-bond acceptors (Lipinski definition) is 6. The Morgan fingerprint density at radius 1 is 1.07 bits per heavy atom. The van der Waals surface area contributed by atoms with Crippen molar-refractivity contribution >= 4 is 49.5 Å². The molecule has 0 saturated carbocycles. The lowest BCUT2D eigenvalue weighted by Crippen LogP contribution is -2.20. The zero-order valence-corrected chi connectivity index (χ0v) is 16.9. The number of benzene rings is 1. The second kappa shape index (κ2) is 7.14. The van der Waals surface area contributed by atoms with Crippen molar-refractivity contribution in [1.82, 2.24) is 9.97 Å². The third kappa shape index (κ3) is 3.31. The van der Waals surface area contributed by atoms with Crippen LogP contribution in [0.15, 0.2) is 53.2 Å². The van der Waals surface area contributed by atoms with E-state index in [4.69, 9.17) is 9.97 Å². The number of nitrogens with one attached hydrogen (secondary N) is 1. The Morgan fingerprint density at radius 2 is 1.96 bits per heavy atom. The SMILES string of the molecule is O=[S@]1CC[C@H](Nc2nc(-c3cccs3)nc3scc(-c4ccccc4)c23)C1. The molecule has 1 aromatic carbocycles. The molecule has 27 heavy (non-hydrogen) atoms. The third-order valence-electron chi connectivity index (χ3n) is 4.68. The second-order valence-corrected chi connectivity index (χ2v) is 9.94. The molecule has 0 aliphatic carbocycles. The van der Waals surface area contributed by atoms with Gasteiger partial charge in [-0.15, -0.1) is 22.7 Å². The first kappa shape index (κ1) is 17.0. The summed E-state index contributed by atoms with van der Waals surface area (Å²) in [7, 11) is -0.728. The lowest BCUT2D eigenvalue weighted by Gasteiger charge is -2.14. The molecule has 5 rings (SSSR count). The van der Waals surface area contributed by atoms with E-state index < -0.39 is 10.8 Å². The molecule has 4 aromatic rings. The molecule has 0 amide bonds. The Kier molecular flexibility index (Phi) is 4.51. The van der Waals surface area contributed by atoms with Crippen LogP contribution in [0.2, 0.25) is 0 Å². The van der Waals surface area contributed by atoms with Gasteiger partial charge in [0.2, 0.25) is 0 Å². The van der Waals surface area contributed by atoms with Gasteiger partial charge in [-0.25, -0.2) is 9.97 Å². The Labute approximate surface area is 167 Å². The van der Waals surface area contributed by atoms with Crippen LogP contribution >= 0.6 is 22.7 Å². The Morgan fingerprint density at radius 3 is 2.70 bits per heavy atom. The van der Waals surface area contributed by atoms with Gasteiger partial charge in [-0.1, -0.05) is 36.4 Å². The minimum absolute atomic E-state index is 0.198. The Hall–Kier alpha value is -2.09. The van der Waals surface area contributed by atoms with Gasteiger partial charge in [0, 0.05) is 39.3 Å². The number of nitrogens with zero attached hydrogens (tertiary/aromatic N) is 2. The average Bonchev–Trinajstić information content (AvgIpc) is 3.43. The number of aromatic nitrogens is 2. The minimum atomic E-state index is -0.728. The molecule has 1 aliphatic heterocycles. The largest absolute Gasteiger partial charge is 0.366 e. The molecule has 136 valence electrons. The molecule has 1 aliphatic rings. The van der Waals surface area contributed by atoms with E-state index in [2.05, 4.69) is 22.8 Å². The molecule has 4 heterocycles. The number of thiophene rings is 2. The van der Waals surface area contributed by atoms with Gasteiger partial charge in [0.05, 0.1) is 10.3 Å². The van der Waals surface area contributed by atoms with Gasteiger partial charge in [0.25, 0.3) is 0 Å². The van der Waals surface area contributed by atoms with E-state index >= 15 is 0 Å². The molecule has 1 saturated heterocycles. The summed E-state index contributed by atoms with van der Waals surface area (Å²) in [5.41, 5.74) is 2.31. The first-order valence-electron chi connectivity index (χ1n) is 8.78. The monoisotopic (exact) mass is 411 g/mol. The summed E-state index contributed by atoms with van der Waals surface area (Å²) in [6, 6.07) is 14.6. The third-order valence-corrected chi connectivity index (χ3v) is 7.89. The number of fused-ring (bicyclic) bond motifs is 1. The summed E-state index contributed by atoms with van der Waals surface area (Å²) >= 11 is 3.29. The topological polar surface area (TPSA) is 54.9 Å². The summed E-state index contributed by atoms with van der Waals surface area (Å²) in [4.78, 5) is 11.8. The van der Waals surface area contributed by atoms with E-state index in [1.807, 2.05) is 35.7 Å². The van der Waals surface area contributed by atoms with Crippen molar-refractivity contribution in [1.29, 1.82) is 0 Å². The molecule has 0 radical (unpaired) electrons. The van der Waals surface area contributed by atoms with Gasteiger partial charge in [0.15, 0.2) is 5.82 Å². The van der Waals surface area contributed by atoms with E-state index in [1.54, 1.807) is 22.7 Å². The fraction of sp³-hybridized carbons (Fsp3) is 0.200. The van der Waals surface area contributed by atoms with Gasteiger partial charge in [-0.2, -0.15) is 0 Å².